The van der Waals surface area contributed by atoms with Gasteiger partial charge >= 0.3 is 0 Å². The van der Waals surface area contributed by atoms with E-state index in [1.165, 1.54) is 12.1 Å². The molecule has 0 bridgehead atoms. The highest BCUT2D eigenvalue weighted by atomic mass is 35.5. The van der Waals surface area contributed by atoms with Crippen LogP contribution in [0.25, 0.3) is 0 Å². The molecule has 1 aliphatic rings. The van der Waals surface area contributed by atoms with E-state index in [9.17, 15) is 13.6 Å². The zero-order valence-corrected chi connectivity index (χ0v) is 12.6. The molecule has 5 nitrogen and oxygen atoms in total. The van der Waals surface area contributed by atoms with Gasteiger partial charge in [0.15, 0.2) is 0 Å². The van der Waals surface area contributed by atoms with Gasteiger partial charge in [-0.05, 0) is 12.1 Å². The van der Waals surface area contributed by atoms with Crippen LogP contribution in [0.1, 0.15) is 26.7 Å². The van der Waals surface area contributed by atoms with E-state index in [-0.39, 0.29) is 36.2 Å². The van der Waals surface area contributed by atoms with Crippen LogP contribution in [0, 0.1) is 0 Å². The largest absolute Gasteiger partial charge is 0.367 e. The van der Waals surface area contributed by atoms with E-state index < -0.39 is 25.0 Å². The van der Waals surface area contributed by atoms with Gasteiger partial charge in [0, 0.05) is 37.3 Å². The molecular weight excluding hydrogens is 325 g/mol. The van der Waals surface area contributed by atoms with Crippen molar-refractivity contribution in [3.63, 3.8) is 0 Å². The number of carbonyl (C=O) groups is 1. The maximum absolute atomic E-state index is 13.2. The van der Waals surface area contributed by atoms with Gasteiger partial charge in [0.25, 0.3) is 12.3 Å². The van der Waals surface area contributed by atoms with Crippen molar-refractivity contribution in [3.8, 4) is 0 Å². The SMILES string of the molecule is Cl.Cl.[2H]C([2H])([2H])NC(=O)c1ccc(N2CCNCC2)c(C(F)F)n1. The highest BCUT2D eigenvalue weighted by Gasteiger charge is 2.22. The van der Waals surface area contributed by atoms with E-state index in [0.29, 0.717) is 26.2 Å². The second kappa shape index (κ2) is 8.96. The van der Waals surface area contributed by atoms with Crippen molar-refractivity contribution in [3.05, 3.63) is 23.5 Å². The normalized spacial score (nSPS) is 16.9. The maximum atomic E-state index is 13.2. The Labute approximate surface area is 138 Å². The second-order valence-corrected chi connectivity index (χ2v) is 4.09. The first-order chi connectivity index (χ1) is 10.3. The van der Waals surface area contributed by atoms with Crippen LogP contribution >= 0.6 is 24.8 Å². The van der Waals surface area contributed by atoms with Gasteiger partial charge in [-0.3, -0.25) is 4.79 Å². The smallest absolute Gasteiger partial charge is 0.282 e. The van der Waals surface area contributed by atoms with E-state index in [1.54, 1.807) is 10.2 Å². The number of hydrogen-bond acceptors (Lipinski definition) is 4. The van der Waals surface area contributed by atoms with E-state index in [1.807, 2.05) is 0 Å². The first kappa shape index (κ1) is 14.7. The quantitative estimate of drug-likeness (QED) is 0.874. The summed E-state index contributed by atoms with van der Waals surface area (Å²) in [5.74, 6) is -1.01. The number of rotatable bonds is 3. The highest BCUT2D eigenvalue weighted by molar-refractivity contribution is 5.92. The van der Waals surface area contributed by atoms with Crippen LogP contribution in [0.2, 0.25) is 0 Å². The van der Waals surface area contributed by atoms with Gasteiger partial charge in [-0.25, -0.2) is 13.8 Å². The Bertz CT molecular complexity index is 558. The molecule has 1 amide bonds. The number of halogens is 4. The number of aromatic nitrogens is 1. The lowest BCUT2D eigenvalue weighted by atomic mass is 10.2. The number of hydrogen-bond donors (Lipinski definition) is 2. The number of alkyl halides is 2. The van der Waals surface area contributed by atoms with E-state index in [2.05, 4.69) is 10.3 Å². The molecule has 2 heterocycles. The first-order valence-corrected chi connectivity index (χ1v) is 5.85. The molecule has 2 rings (SSSR count). The lowest BCUT2D eigenvalue weighted by Gasteiger charge is -2.30. The summed E-state index contributed by atoms with van der Waals surface area (Å²) >= 11 is 0. The molecule has 9 heteroatoms. The molecule has 0 atom stereocenters. The van der Waals surface area contributed by atoms with Crippen LogP contribution in [0.5, 0.6) is 0 Å². The average molecular weight is 346 g/mol. The van der Waals surface area contributed by atoms with Crippen LogP contribution in [-0.2, 0) is 0 Å². The molecule has 0 radical (unpaired) electrons. The second-order valence-electron chi connectivity index (χ2n) is 4.09. The third kappa shape index (κ3) is 4.66. The Balaban J connectivity index is 0.00000264. The maximum Gasteiger partial charge on any atom is 0.282 e. The summed E-state index contributed by atoms with van der Waals surface area (Å²) in [4.78, 5) is 17.1. The molecule has 0 spiro atoms. The highest BCUT2D eigenvalue weighted by Crippen LogP contribution is 2.28. The fraction of sp³-hybridized carbons (Fsp3) is 0.500. The Morgan fingerprint density at radius 1 is 1.43 bits per heavy atom. The fourth-order valence-electron chi connectivity index (χ4n) is 1.99. The van der Waals surface area contributed by atoms with Crippen LogP contribution < -0.4 is 15.5 Å². The summed E-state index contributed by atoms with van der Waals surface area (Å²) in [5.41, 5.74) is -0.590. The molecule has 0 saturated carbocycles. The Kier molecular flexibility index (Phi) is 6.29. The van der Waals surface area contributed by atoms with Crippen LogP contribution in [0.4, 0.5) is 14.5 Å². The van der Waals surface area contributed by atoms with Crippen molar-refractivity contribution in [1.82, 2.24) is 15.6 Å². The third-order valence-electron chi connectivity index (χ3n) is 2.91. The summed E-state index contributed by atoms with van der Waals surface area (Å²) in [5, 5.41) is 4.84. The lowest BCUT2D eigenvalue weighted by molar-refractivity contribution is 0.0956. The molecule has 0 aliphatic carbocycles. The van der Waals surface area contributed by atoms with Gasteiger partial charge in [-0.2, -0.15) is 0 Å². The molecule has 1 aliphatic heterocycles. The van der Waals surface area contributed by atoms with Gasteiger partial charge in [0.05, 0.1) is 5.69 Å². The molecule has 2 N–H and O–H groups in total. The molecule has 0 aromatic carbocycles. The molecule has 120 valence electrons. The van der Waals surface area contributed by atoms with Crippen LogP contribution in [0.3, 0.4) is 0 Å². The van der Waals surface area contributed by atoms with E-state index in [0.717, 1.165) is 0 Å². The van der Waals surface area contributed by atoms with Crippen molar-refractivity contribution < 1.29 is 17.7 Å². The number of carbonyl (C=O) groups excluding carboxylic acids is 1. The number of nitrogens with one attached hydrogen (secondary N) is 2. The number of anilines is 1. The predicted octanol–water partition coefficient (Wildman–Crippen LogP) is 1.63. The lowest BCUT2D eigenvalue weighted by Crippen LogP contribution is -2.44. The van der Waals surface area contributed by atoms with Gasteiger partial charge in [0.1, 0.15) is 11.4 Å². The molecule has 1 fully saturated rings. The zero-order valence-electron chi connectivity index (χ0n) is 13.9. The number of piperazine rings is 1. The van der Waals surface area contributed by atoms with Crippen molar-refractivity contribution in [2.75, 3.05) is 38.1 Å². The molecule has 1 aromatic heterocycles. The molecular formula is C12H18Cl2F2N4O. The summed E-state index contributed by atoms with van der Waals surface area (Å²) in [6, 6.07) is 2.64. The summed E-state index contributed by atoms with van der Waals surface area (Å²) in [6.07, 6.45) is -2.86. The van der Waals surface area contributed by atoms with Crippen molar-refractivity contribution in [1.29, 1.82) is 0 Å². The third-order valence-corrected chi connectivity index (χ3v) is 2.91. The average Bonchev–Trinajstić information content (AvgIpc) is 2.45. The minimum absolute atomic E-state index is 0. The van der Waals surface area contributed by atoms with Crippen molar-refractivity contribution >= 4 is 36.4 Å². The Hall–Kier alpha value is -1.18. The summed E-state index contributed by atoms with van der Waals surface area (Å²) in [6.45, 7) is -0.237. The first-order valence-electron chi connectivity index (χ1n) is 7.35. The minimum atomic E-state index is -2.86. The molecule has 1 saturated heterocycles. The Morgan fingerprint density at radius 3 is 2.67 bits per heavy atom. The topological polar surface area (TPSA) is 57.3 Å². The van der Waals surface area contributed by atoms with Gasteiger partial charge in [-0.1, -0.05) is 0 Å². The molecule has 1 aromatic rings. The van der Waals surface area contributed by atoms with Gasteiger partial charge in [-0.15, -0.1) is 24.8 Å². The molecule has 0 unspecified atom stereocenters. The van der Waals surface area contributed by atoms with Gasteiger partial charge < -0.3 is 15.5 Å². The summed E-state index contributed by atoms with van der Waals surface area (Å²) < 4.78 is 47.3. The number of pyridine rings is 1. The monoisotopic (exact) mass is 345 g/mol. The Morgan fingerprint density at radius 2 is 2.10 bits per heavy atom. The van der Waals surface area contributed by atoms with Crippen LogP contribution in [0.15, 0.2) is 12.1 Å². The van der Waals surface area contributed by atoms with Gasteiger partial charge in [0.2, 0.25) is 0 Å². The van der Waals surface area contributed by atoms with Crippen molar-refractivity contribution in [2.45, 2.75) is 6.43 Å². The minimum Gasteiger partial charge on any atom is -0.367 e. The van der Waals surface area contributed by atoms with E-state index >= 15 is 0 Å². The number of nitrogens with zero attached hydrogens (tertiary/aromatic N) is 2. The molecule has 21 heavy (non-hydrogen) atoms. The van der Waals surface area contributed by atoms with E-state index in [4.69, 9.17) is 4.11 Å². The summed E-state index contributed by atoms with van der Waals surface area (Å²) in [7, 11) is 0. The predicted molar refractivity (Wildman–Crippen MR) is 82.2 cm³/mol. The van der Waals surface area contributed by atoms with Crippen LogP contribution in [-0.4, -0.2) is 44.0 Å². The number of amides is 1. The zero-order chi connectivity index (χ0) is 16.3. The van der Waals surface area contributed by atoms with Crippen molar-refractivity contribution in [2.24, 2.45) is 0 Å². The standard InChI is InChI=1S/C12H16F2N4O.2ClH/c1-15-12(19)8-2-3-9(10(17-8)11(13)14)18-6-4-16-5-7-18;;/h2-3,11,16H,4-7H2,1H3,(H,15,19);2*1H/i1D3;;. The fourth-order valence-corrected chi connectivity index (χ4v) is 1.99.